The SMILES string of the molecule is Cc1cc(C(=O)Nc2nnc(-c3csc(C)n3)o2)c(C)o1. The molecule has 0 aliphatic rings. The van der Waals surface area contributed by atoms with Gasteiger partial charge in [0.05, 0.1) is 10.6 Å². The largest absolute Gasteiger partial charge is 0.466 e. The van der Waals surface area contributed by atoms with E-state index < -0.39 is 0 Å². The number of carbonyl (C=O) groups is 1. The van der Waals surface area contributed by atoms with E-state index >= 15 is 0 Å². The number of nitrogens with zero attached hydrogens (tertiary/aromatic N) is 3. The molecule has 7 nitrogen and oxygen atoms in total. The van der Waals surface area contributed by atoms with Gasteiger partial charge in [-0.3, -0.25) is 10.1 Å². The zero-order valence-corrected chi connectivity index (χ0v) is 12.4. The Morgan fingerprint density at radius 1 is 1.24 bits per heavy atom. The molecule has 1 N–H and O–H groups in total. The van der Waals surface area contributed by atoms with Gasteiger partial charge in [0.1, 0.15) is 17.2 Å². The fraction of sp³-hybridized carbons (Fsp3) is 0.231. The van der Waals surface area contributed by atoms with Crippen molar-refractivity contribution in [3.05, 3.63) is 33.5 Å². The number of amides is 1. The zero-order valence-electron chi connectivity index (χ0n) is 11.6. The molecule has 3 aromatic heterocycles. The lowest BCUT2D eigenvalue weighted by molar-refractivity contribution is 0.102. The van der Waals surface area contributed by atoms with E-state index in [2.05, 4.69) is 20.5 Å². The molecule has 0 saturated carbocycles. The standard InChI is InChI=1S/C13H12N4O3S/c1-6-4-9(7(2)19-6)11(18)15-13-17-16-12(20-13)10-5-21-8(3)14-10/h4-5H,1-3H3,(H,15,17,18). The third-order valence-electron chi connectivity index (χ3n) is 2.77. The van der Waals surface area contributed by atoms with Crippen molar-refractivity contribution >= 4 is 23.3 Å². The minimum atomic E-state index is -0.353. The number of furan rings is 1. The van der Waals surface area contributed by atoms with Gasteiger partial charge in [-0.2, -0.15) is 0 Å². The molecule has 1 amide bonds. The predicted octanol–water partition coefficient (Wildman–Crippen LogP) is 2.96. The Labute approximate surface area is 124 Å². The molecule has 8 heteroatoms. The van der Waals surface area contributed by atoms with Crippen molar-refractivity contribution in [3.63, 3.8) is 0 Å². The molecule has 0 saturated heterocycles. The highest BCUT2D eigenvalue weighted by molar-refractivity contribution is 7.09. The first kappa shape index (κ1) is 13.5. The number of nitrogens with one attached hydrogen (secondary N) is 1. The van der Waals surface area contributed by atoms with Gasteiger partial charge < -0.3 is 8.83 Å². The maximum atomic E-state index is 12.1. The van der Waals surface area contributed by atoms with Gasteiger partial charge in [-0.15, -0.1) is 16.4 Å². The van der Waals surface area contributed by atoms with E-state index in [0.717, 1.165) is 5.01 Å². The number of carbonyl (C=O) groups excluding carboxylic acids is 1. The summed E-state index contributed by atoms with van der Waals surface area (Å²) in [5.74, 6) is 1.13. The fourth-order valence-corrected chi connectivity index (χ4v) is 2.45. The van der Waals surface area contributed by atoms with Crippen molar-refractivity contribution in [2.75, 3.05) is 5.32 Å². The van der Waals surface area contributed by atoms with Gasteiger partial charge in [0, 0.05) is 5.38 Å². The number of aryl methyl sites for hydroxylation is 3. The summed E-state index contributed by atoms with van der Waals surface area (Å²) < 4.78 is 10.7. The zero-order chi connectivity index (χ0) is 15.0. The molecule has 0 radical (unpaired) electrons. The molecule has 21 heavy (non-hydrogen) atoms. The molecule has 0 bridgehead atoms. The molecular formula is C13H12N4O3S. The Balaban J connectivity index is 1.78. The number of anilines is 1. The van der Waals surface area contributed by atoms with E-state index in [1.165, 1.54) is 11.3 Å². The molecule has 0 atom stereocenters. The normalized spacial score (nSPS) is 10.8. The Hall–Kier alpha value is -2.48. The van der Waals surface area contributed by atoms with E-state index in [1.54, 1.807) is 19.9 Å². The summed E-state index contributed by atoms with van der Waals surface area (Å²) in [5.41, 5.74) is 1.04. The van der Waals surface area contributed by atoms with Crippen LogP contribution in [0, 0.1) is 20.8 Å². The topological polar surface area (TPSA) is 94.1 Å². The van der Waals surface area contributed by atoms with Crippen LogP contribution in [0.5, 0.6) is 0 Å². The van der Waals surface area contributed by atoms with Crippen molar-refractivity contribution < 1.29 is 13.6 Å². The molecule has 3 aromatic rings. The Morgan fingerprint density at radius 2 is 2.05 bits per heavy atom. The number of hydrogen-bond donors (Lipinski definition) is 1. The summed E-state index contributed by atoms with van der Waals surface area (Å²) in [6, 6.07) is 1.69. The highest BCUT2D eigenvalue weighted by Crippen LogP contribution is 2.22. The van der Waals surface area contributed by atoms with Crippen LogP contribution in [0.3, 0.4) is 0 Å². The van der Waals surface area contributed by atoms with E-state index in [4.69, 9.17) is 8.83 Å². The second kappa shape index (κ2) is 5.13. The molecule has 3 rings (SSSR count). The van der Waals surface area contributed by atoms with Crippen molar-refractivity contribution in [1.29, 1.82) is 0 Å². The first-order valence-corrected chi connectivity index (χ1v) is 7.05. The van der Waals surface area contributed by atoms with E-state index in [9.17, 15) is 4.79 Å². The first-order chi connectivity index (χ1) is 10.0. The molecule has 0 aliphatic heterocycles. The van der Waals surface area contributed by atoms with Crippen molar-refractivity contribution in [3.8, 4) is 11.6 Å². The maximum Gasteiger partial charge on any atom is 0.322 e. The molecule has 0 unspecified atom stereocenters. The van der Waals surface area contributed by atoms with E-state index in [1.807, 2.05) is 12.3 Å². The van der Waals surface area contributed by atoms with Gasteiger partial charge in [0.25, 0.3) is 11.8 Å². The van der Waals surface area contributed by atoms with Crippen molar-refractivity contribution in [2.45, 2.75) is 20.8 Å². The van der Waals surface area contributed by atoms with Gasteiger partial charge in [-0.25, -0.2) is 4.98 Å². The number of thiazole rings is 1. The van der Waals surface area contributed by atoms with Gasteiger partial charge in [-0.05, 0) is 26.8 Å². The maximum absolute atomic E-state index is 12.1. The third-order valence-corrected chi connectivity index (χ3v) is 3.54. The monoisotopic (exact) mass is 304 g/mol. The van der Waals surface area contributed by atoms with Crippen LogP contribution in [-0.2, 0) is 0 Å². The summed E-state index contributed by atoms with van der Waals surface area (Å²) in [4.78, 5) is 16.3. The molecular weight excluding hydrogens is 292 g/mol. The Kier molecular flexibility index (Phi) is 3.30. The van der Waals surface area contributed by atoms with Crippen LogP contribution in [0.4, 0.5) is 6.01 Å². The summed E-state index contributed by atoms with van der Waals surface area (Å²) in [6.45, 7) is 5.38. The Morgan fingerprint density at radius 3 is 2.67 bits per heavy atom. The van der Waals surface area contributed by atoms with Gasteiger partial charge in [-0.1, -0.05) is 5.10 Å². The van der Waals surface area contributed by atoms with Gasteiger partial charge in [0.2, 0.25) is 0 Å². The minimum absolute atomic E-state index is 0.0268. The second-order valence-electron chi connectivity index (χ2n) is 4.45. The molecule has 0 aromatic carbocycles. The minimum Gasteiger partial charge on any atom is -0.466 e. The third kappa shape index (κ3) is 2.70. The summed E-state index contributed by atoms with van der Waals surface area (Å²) in [6.07, 6.45) is 0. The van der Waals surface area contributed by atoms with Gasteiger partial charge in [0.15, 0.2) is 0 Å². The van der Waals surface area contributed by atoms with E-state index in [-0.39, 0.29) is 17.8 Å². The summed E-state index contributed by atoms with van der Waals surface area (Å²) in [5, 5.41) is 12.9. The van der Waals surface area contributed by atoms with E-state index in [0.29, 0.717) is 22.8 Å². The highest BCUT2D eigenvalue weighted by Gasteiger charge is 2.17. The smallest absolute Gasteiger partial charge is 0.322 e. The van der Waals surface area contributed by atoms with Crippen LogP contribution >= 0.6 is 11.3 Å². The van der Waals surface area contributed by atoms with Crippen molar-refractivity contribution in [1.82, 2.24) is 15.2 Å². The average Bonchev–Trinajstić information content (AvgIpc) is 3.10. The van der Waals surface area contributed by atoms with Crippen LogP contribution in [-0.4, -0.2) is 21.1 Å². The predicted molar refractivity (Wildman–Crippen MR) is 76.3 cm³/mol. The van der Waals surface area contributed by atoms with Crippen molar-refractivity contribution in [2.24, 2.45) is 0 Å². The molecule has 0 aliphatic carbocycles. The number of hydrogen-bond acceptors (Lipinski definition) is 7. The Bertz CT molecular complexity index is 802. The lowest BCUT2D eigenvalue weighted by Gasteiger charge is -1.97. The van der Waals surface area contributed by atoms with Crippen LogP contribution in [0.15, 0.2) is 20.3 Å². The van der Waals surface area contributed by atoms with Crippen LogP contribution < -0.4 is 5.32 Å². The number of aromatic nitrogens is 3. The molecule has 0 spiro atoms. The van der Waals surface area contributed by atoms with Crippen LogP contribution in [0.1, 0.15) is 26.9 Å². The highest BCUT2D eigenvalue weighted by atomic mass is 32.1. The fourth-order valence-electron chi connectivity index (χ4n) is 1.86. The van der Waals surface area contributed by atoms with Gasteiger partial charge >= 0.3 is 6.01 Å². The summed E-state index contributed by atoms with van der Waals surface area (Å²) in [7, 11) is 0. The second-order valence-corrected chi connectivity index (χ2v) is 5.51. The number of rotatable bonds is 3. The van der Waals surface area contributed by atoms with Crippen LogP contribution in [0.2, 0.25) is 0 Å². The first-order valence-electron chi connectivity index (χ1n) is 6.17. The van der Waals surface area contributed by atoms with Crippen LogP contribution in [0.25, 0.3) is 11.6 Å². The summed E-state index contributed by atoms with van der Waals surface area (Å²) >= 11 is 1.49. The lowest BCUT2D eigenvalue weighted by Crippen LogP contribution is -2.12. The lowest BCUT2D eigenvalue weighted by atomic mass is 10.2. The quantitative estimate of drug-likeness (QED) is 0.799. The molecule has 3 heterocycles. The molecule has 108 valence electrons. The average molecular weight is 304 g/mol. The molecule has 0 fully saturated rings.